The van der Waals surface area contributed by atoms with Crippen LogP contribution in [-0.4, -0.2) is 59.2 Å². The van der Waals surface area contributed by atoms with Crippen molar-refractivity contribution in [2.75, 3.05) is 13.2 Å². The summed E-state index contributed by atoms with van der Waals surface area (Å²) in [5.74, 6) is -0.655. The van der Waals surface area contributed by atoms with Gasteiger partial charge in [0.25, 0.3) is 0 Å². The first-order valence-electron chi connectivity index (χ1n) is 6.24. The summed E-state index contributed by atoms with van der Waals surface area (Å²) in [5.41, 5.74) is 0. The van der Waals surface area contributed by atoms with Crippen LogP contribution in [0.2, 0.25) is 0 Å². The van der Waals surface area contributed by atoms with Crippen molar-refractivity contribution >= 4 is 18.5 Å². The molecule has 7 nitrogen and oxygen atoms in total. The fourth-order valence-corrected chi connectivity index (χ4v) is 1.41. The van der Waals surface area contributed by atoms with Gasteiger partial charge in [0.15, 0.2) is 0 Å². The Labute approximate surface area is 112 Å². The normalized spacial score (nSPS) is 13.6. The molecule has 0 aliphatic heterocycles. The topological polar surface area (TPSA) is 119 Å². The third kappa shape index (κ3) is 9.29. The fraction of sp³-hybridized carbons (Fsp3) is 0.750. The van der Waals surface area contributed by atoms with Crippen LogP contribution in [0.15, 0.2) is 4.99 Å². The van der Waals surface area contributed by atoms with Crippen molar-refractivity contribution in [1.29, 1.82) is 0 Å². The van der Waals surface area contributed by atoms with Gasteiger partial charge in [-0.15, -0.1) is 0 Å². The van der Waals surface area contributed by atoms with Gasteiger partial charge in [0.05, 0.1) is 12.2 Å². The van der Waals surface area contributed by atoms with E-state index in [9.17, 15) is 19.8 Å². The number of aliphatic hydroxyl groups excluding tert-OH is 3. The van der Waals surface area contributed by atoms with E-state index in [1.807, 2.05) is 0 Å². The molecule has 19 heavy (non-hydrogen) atoms. The van der Waals surface area contributed by atoms with Crippen molar-refractivity contribution < 1.29 is 24.9 Å². The maximum absolute atomic E-state index is 11.4. The maximum Gasteiger partial charge on any atom is 0.245 e. The lowest BCUT2D eigenvalue weighted by Gasteiger charge is -2.17. The minimum atomic E-state index is -1.06. The molecule has 0 aromatic carbocycles. The number of nitrogens with zero attached hydrogens (tertiary/aromatic N) is 1. The van der Waals surface area contributed by atoms with Crippen LogP contribution in [0, 0.1) is 0 Å². The van der Waals surface area contributed by atoms with Gasteiger partial charge in [0.1, 0.15) is 0 Å². The minimum Gasteiger partial charge on any atom is -0.396 e. The number of nitrogens with one attached hydrogen (secondary N) is 1. The Hall–Kier alpha value is -1.31. The molecule has 7 heteroatoms. The lowest BCUT2D eigenvalue weighted by Crippen LogP contribution is -2.39. The zero-order valence-corrected chi connectivity index (χ0v) is 10.9. The number of hydrogen-bond donors (Lipinski definition) is 4. The van der Waals surface area contributed by atoms with Crippen LogP contribution in [0.1, 0.15) is 32.1 Å². The fourth-order valence-electron chi connectivity index (χ4n) is 1.41. The second-order valence-electron chi connectivity index (χ2n) is 4.21. The van der Waals surface area contributed by atoms with Gasteiger partial charge in [0.2, 0.25) is 11.8 Å². The first kappa shape index (κ1) is 17.7. The van der Waals surface area contributed by atoms with Gasteiger partial charge in [-0.2, -0.15) is 0 Å². The van der Waals surface area contributed by atoms with E-state index in [2.05, 4.69) is 17.0 Å². The van der Waals surface area contributed by atoms with Crippen LogP contribution in [0.5, 0.6) is 0 Å². The van der Waals surface area contributed by atoms with Gasteiger partial charge < -0.3 is 20.6 Å². The van der Waals surface area contributed by atoms with E-state index in [4.69, 9.17) is 5.11 Å². The molecule has 0 aliphatic rings. The molecule has 2 atom stereocenters. The highest BCUT2D eigenvalue weighted by atomic mass is 16.3. The summed E-state index contributed by atoms with van der Waals surface area (Å²) in [5, 5.41) is 30.0. The third-order valence-electron chi connectivity index (χ3n) is 2.58. The van der Waals surface area contributed by atoms with E-state index >= 15 is 0 Å². The van der Waals surface area contributed by atoms with Crippen molar-refractivity contribution in [2.24, 2.45) is 4.99 Å². The van der Waals surface area contributed by atoms with Crippen LogP contribution >= 0.6 is 0 Å². The van der Waals surface area contributed by atoms with Gasteiger partial charge in [0, 0.05) is 26.0 Å². The Morgan fingerprint density at radius 2 is 1.84 bits per heavy atom. The molecule has 0 unspecified atom stereocenters. The molecular weight excluding hydrogens is 252 g/mol. The molecule has 0 spiro atoms. The van der Waals surface area contributed by atoms with Crippen LogP contribution in [0.4, 0.5) is 0 Å². The molecule has 0 aromatic rings. The molecule has 4 N–H and O–H groups in total. The van der Waals surface area contributed by atoms with E-state index in [0.717, 1.165) is 0 Å². The van der Waals surface area contributed by atoms with Crippen molar-refractivity contribution in [3.05, 3.63) is 0 Å². The van der Waals surface area contributed by atoms with Gasteiger partial charge >= 0.3 is 0 Å². The van der Waals surface area contributed by atoms with E-state index in [-0.39, 0.29) is 44.2 Å². The van der Waals surface area contributed by atoms with Crippen LogP contribution < -0.4 is 5.32 Å². The number of amides is 2. The van der Waals surface area contributed by atoms with Gasteiger partial charge in [-0.25, -0.2) is 4.99 Å². The molecule has 110 valence electrons. The Bertz CT molecular complexity index is 296. The maximum atomic E-state index is 11.4. The van der Waals surface area contributed by atoms with E-state index < -0.39 is 12.2 Å². The molecule has 0 saturated heterocycles. The van der Waals surface area contributed by atoms with Crippen LogP contribution in [0.3, 0.4) is 0 Å². The largest absolute Gasteiger partial charge is 0.396 e. The molecule has 0 radical (unpaired) electrons. The summed E-state index contributed by atoms with van der Waals surface area (Å²) in [6.07, 6.45) is -0.687. The molecule has 2 amide bonds. The number of rotatable bonds is 10. The van der Waals surface area contributed by atoms with Crippen LogP contribution in [-0.2, 0) is 9.59 Å². The Morgan fingerprint density at radius 1 is 1.16 bits per heavy atom. The molecule has 0 bridgehead atoms. The van der Waals surface area contributed by atoms with E-state index in [0.29, 0.717) is 12.8 Å². The predicted molar refractivity (Wildman–Crippen MR) is 69.8 cm³/mol. The molecule has 0 aromatic heterocycles. The van der Waals surface area contributed by atoms with Gasteiger partial charge in [-0.05, 0) is 26.0 Å². The third-order valence-corrected chi connectivity index (χ3v) is 2.58. The number of carbonyl (C=O) groups excluding carboxylic acids is 2. The molecule has 0 heterocycles. The summed E-state index contributed by atoms with van der Waals surface area (Å²) >= 11 is 0. The highest BCUT2D eigenvalue weighted by Crippen LogP contribution is 2.02. The minimum absolute atomic E-state index is 0.0541. The highest BCUT2D eigenvalue weighted by Gasteiger charge is 2.16. The number of aliphatic imine (C=N–C) groups is 1. The number of hydrogen-bond acceptors (Lipinski definition) is 5. The Kier molecular flexibility index (Phi) is 9.87. The van der Waals surface area contributed by atoms with Gasteiger partial charge in [-0.3, -0.25) is 9.59 Å². The summed E-state index contributed by atoms with van der Waals surface area (Å²) in [7, 11) is 0. The van der Waals surface area contributed by atoms with Crippen molar-refractivity contribution in [3.8, 4) is 0 Å². The average molecular weight is 274 g/mol. The molecular formula is C12H22N2O5. The first-order valence-corrected chi connectivity index (χ1v) is 6.24. The second-order valence-corrected chi connectivity index (χ2v) is 4.21. The van der Waals surface area contributed by atoms with Crippen molar-refractivity contribution in [3.63, 3.8) is 0 Å². The van der Waals surface area contributed by atoms with E-state index in [1.165, 1.54) is 0 Å². The van der Waals surface area contributed by atoms with Crippen LogP contribution in [0.25, 0.3) is 0 Å². The lowest BCUT2D eigenvalue weighted by atomic mass is 10.1. The van der Waals surface area contributed by atoms with Crippen molar-refractivity contribution in [1.82, 2.24) is 5.32 Å². The monoisotopic (exact) mass is 274 g/mol. The Morgan fingerprint density at radius 3 is 2.42 bits per heavy atom. The lowest BCUT2D eigenvalue weighted by molar-refractivity contribution is -0.122. The molecule has 0 aliphatic carbocycles. The molecule has 0 rings (SSSR count). The highest BCUT2D eigenvalue weighted by molar-refractivity contribution is 5.81. The average Bonchev–Trinajstić information content (AvgIpc) is 2.41. The molecule has 0 saturated carbocycles. The summed E-state index contributed by atoms with van der Waals surface area (Å²) in [6, 6.07) is 0. The molecule has 0 fully saturated rings. The zero-order valence-electron chi connectivity index (χ0n) is 10.9. The first-order chi connectivity index (χ1) is 9.01. The summed E-state index contributed by atoms with van der Waals surface area (Å²) in [6.45, 7) is 2.97. The SMILES string of the molecule is C=NC(=O)CCCC(=O)NC[C@H](O)[C@@H](O)CCCO. The Balaban J connectivity index is 3.71. The standard InChI is InChI=1S/C12H22N2O5/c1-13-11(18)5-2-6-12(19)14-8-10(17)9(16)4-3-7-15/h9-10,15-17H,1-8H2,(H,14,19)/t9-,10-/m0/s1. The quantitative estimate of drug-likeness (QED) is 0.381. The zero-order chi connectivity index (χ0) is 14.7. The second kappa shape index (κ2) is 10.6. The summed E-state index contributed by atoms with van der Waals surface area (Å²) in [4.78, 5) is 25.3. The van der Waals surface area contributed by atoms with E-state index in [1.54, 1.807) is 0 Å². The van der Waals surface area contributed by atoms with Crippen molar-refractivity contribution in [2.45, 2.75) is 44.3 Å². The number of aliphatic hydroxyl groups is 3. The summed E-state index contributed by atoms with van der Waals surface area (Å²) < 4.78 is 0. The van der Waals surface area contributed by atoms with Gasteiger partial charge in [-0.1, -0.05) is 0 Å². The number of carbonyl (C=O) groups is 2. The smallest absolute Gasteiger partial charge is 0.245 e. The predicted octanol–water partition coefficient (Wildman–Crippen LogP) is -1.01.